The molecule has 3 rings (SSSR count). The third kappa shape index (κ3) is 4.20. The number of hydrogen-bond acceptors (Lipinski definition) is 2. The number of thioether (sulfide) groups is 1. The monoisotopic (exact) mass is 338 g/mol. The fourth-order valence-corrected chi connectivity index (χ4v) is 3.61. The second kappa shape index (κ2) is 8.06. The van der Waals surface area contributed by atoms with Crippen molar-refractivity contribution in [1.29, 1.82) is 0 Å². The molecule has 0 saturated heterocycles. The van der Waals surface area contributed by atoms with Gasteiger partial charge >= 0.3 is 0 Å². The molecule has 124 valence electrons. The molecule has 4 heteroatoms. The molecule has 1 aromatic heterocycles. The van der Waals surface area contributed by atoms with Crippen LogP contribution in [0.3, 0.4) is 0 Å². The van der Waals surface area contributed by atoms with Crippen LogP contribution < -0.4 is 5.32 Å². The number of carbonyl (C=O) groups excluding carboxylic acids is 1. The first-order valence-corrected chi connectivity index (χ1v) is 9.15. The molecule has 24 heavy (non-hydrogen) atoms. The van der Waals surface area contributed by atoms with Gasteiger partial charge in [0.25, 0.3) is 0 Å². The van der Waals surface area contributed by atoms with Crippen LogP contribution in [-0.2, 0) is 11.3 Å². The summed E-state index contributed by atoms with van der Waals surface area (Å²) in [6.07, 6.45) is 3.04. The van der Waals surface area contributed by atoms with E-state index >= 15 is 0 Å². The number of amides is 1. The lowest BCUT2D eigenvalue weighted by atomic mass is 10.2. The van der Waals surface area contributed by atoms with Crippen LogP contribution in [-0.4, -0.2) is 22.3 Å². The van der Waals surface area contributed by atoms with Crippen molar-refractivity contribution in [2.24, 2.45) is 0 Å². The number of nitrogens with one attached hydrogen (secondary N) is 1. The minimum absolute atomic E-state index is 0.0835. The van der Waals surface area contributed by atoms with Crippen molar-refractivity contribution < 1.29 is 4.79 Å². The van der Waals surface area contributed by atoms with E-state index in [1.54, 1.807) is 11.8 Å². The summed E-state index contributed by atoms with van der Waals surface area (Å²) in [5.41, 5.74) is 1.25. The summed E-state index contributed by atoms with van der Waals surface area (Å²) in [4.78, 5) is 13.3. The SMILES string of the molecule is CC(Sc1ccccc1)C(=O)NCCCn1ccc2ccccc21. The Hall–Kier alpha value is -2.20. The van der Waals surface area contributed by atoms with Crippen molar-refractivity contribution in [3.63, 3.8) is 0 Å². The molecule has 3 nitrogen and oxygen atoms in total. The molecule has 0 bridgehead atoms. The quantitative estimate of drug-likeness (QED) is 0.514. The Kier molecular flexibility index (Phi) is 5.59. The normalized spacial score (nSPS) is 12.2. The highest BCUT2D eigenvalue weighted by atomic mass is 32.2. The maximum Gasteiger partial charge on any atom is 0.233 e. The van der Waals surface area contributed by atoms with Gasteiger partial charge in [0, 0.05) is 29.7 Å². The van der Waals surface area contributed by atoms with E-state index in [0.29, 0.717) is 6.54 Å². The third-order valence-electron chi connectivity index (χ3n) is 3.98. The Morgan fingerprint density at radius 1 is 1.08 bits per heavy atom. The van der Waals surface area contributed by atoms with E-state index in [2.05, 4.69) is 46.4 Å². The number of aryl methyl sites for hydroxylation is 1. The first kappa shape index (κ1) is 16.7. The molecule has 0 spiro atoms. The number of aromatic nitrogens is 1. The minimum atomic E-state index is -0.0835. The molecule has 0 saturated carbocycles. The van der Waals surface area contributed by atoms with Crippen molar-refractivity contribution in [1.82, 2.24) is 9.88 Å². The molecule has 1 unspecified atom stereocenters. The standard InChI is InChI=1S/C20H22N2OS/c1-16(24-18-9-3-2-4-10-18)20(23)21-13-7-14-22-15-12-17-8-5-6-11-19(17)22/h2-6,8-12,15-16H,7,13-14H2,1H3,(H,21,23). The number of carbonyl (C=O) groups is 1. The first-order chi connectivity index (χ1) is 11.7. The number of fused-ring (bicyclic) bond motifs is 1. The largest absolute Gasteiger partial charge is 0.355 e. The molecule has 0 aliphatic rings. The maximum absolute atomic E-state index is 12.2. The Morgan fingerprint density at radius 3 is 2.67 bits per heavy atom. The minimum Gasteiger partial charge on any atom is -0.355 e. The summed E-state index contributed by atoms with van der Waals surface area (Å²) in [6, 6.07) is 20.5. The lowest BCUT2D eigenvalue weighted by molar-refractivity contribution is -0.120. The molecule has 1 atom stereocenters. The van der Waals surface area contributed by atoms with E-state index in [0.717, 1.165) is 17.9 Å². The number of para-hydroxylation sites is 1. The van der Waals surface area contributed by atoms with Gasteiger partial charge in [-0.2, -0.15) is 0 Å². The van der Waals surface area contributed by atoms with Gasteiger partial charge in [0.05, 0.1) is 5.25 Å². The summed E-state index contributed by atoms with van der Waals surface area (Å²) in [5, 5.41) is 4.22. The zero-order valence-electron chi connectivity index (χ0n) is 13.8. The van der Waals surface area contributed by atoms with E-state index in [4.69, 9.17) is 0 Å². The van der Waals surface area contributed by atoms with Crippen LogP contribution in [0.25, 0.3) is 10.9 Å². The van der Waals surface area contributed by atoms with Gasteiger partial charge < -0.3 is 9.88 Å². The summed E-state index contributed by atoms with van der Waals surface area (Å²) in [6.45, 7) is 3.56. The van der Waals surface area contributed by atoms with Gasteiger partial charge in [-0.1, -0.05) is 36.4 Å². The second-order valence-corrected chi connectivity index (χ2v) is 7.20. The molecule has 1 N–H and O–H groups in total. The molecule has 2 aromatic carbocycles. The lowest BCUT2D eigenvalue weighted by Gasteiger charge is -2.12. The van der Waals surface area contributed by atoms with Crippen molar-refractivity contribution in [2.75, 3.05) is 6.54 Å². The smallest absolute Gasteiger partial charge is 0.233 e. The van der Waals surface area contributed by atoms with E-state index in [1.807, 2.05) is 37.3 Å². The van der Waals surface area contributed by atoms with Gasteiger partial charge in [0.15, 0.2) is 0 Å². The van der Waals surface area contributed by atoms with Crippen LogP contribution in [0.4, 0.5) is 0 Å². The van der Waals surface area contributed by atoms with Crippen molar-refractivity contribution >= 4 is 28.6 Å². The number of nitrogens with zero attached hydrogens (tertiary/aromatic N) is 1. The van der Waals surface area contributed by atoms with Crippen molar-refractivity contribution in [3.8, 4) is 0 Å². The highest BCUT2D eigenvalue weighted by Gasteiger charge is 2.13. The highest BCUT2D eigenvalue weighted by Crippen LogP contribution is 2.22. The summed E-state index contributed by atoms with van der Waals surface area (Å²) < 4.78 is 2.24. The van der Waals surface area contributed by atoms with E-state index in [1.165, 1.54) is 10.9 Å². The van der Waals surface area contributed by atoms with Crippen LogP contribution in [0.5, 0.6) is 0 Å². The topological polar surface area (TPSA) is 34.0 Å². The molecule has 1 amide bonds. The van der Waals surface area contributed by atoms with Gasteiger partial charge in [0.1, 0.15) is 0 Å². The molecule has 1 heterocycles. The summed E-state index contributed by atoms with van der Waals surface area (Å²) in [5.74, 6) is 0.0983. The average Bonchev–Trinajstić information content (AvgIpc) is 3.02. The van der Waals surface area contributed by atoms with E-state index in [-0.39, 0.29) is 11.2 Å². The molecule has 3 aromatic rings. The van der Waals surface area contributed by atoms with Crippen molar-refractivity contribution in [3.05, 3.63) is 66.9 Å². The predicted octanol–water partition coefficient (Wildman–Crippen LogP) is 4.33. The highest BCUT2D eigenvalue weighted by molar-refractivity contribution is 8.00. The second-order valence-electron chi connectivity index (χ2n) is 5.79. The fourth-order valence-electron chi connectivity index (χ4n) is 2.70. The van der Waals surface area contributed by atoms with Crippen LogP contribution in [0.2, 0.25) is 0 Å². The fraction of sp³-hybridized carbons (Fsp3) is 0.250. The first-order valence-electron chi connectivity index (χ1n) is 8.27. The Morgan fingerprint density at radius 2 is 1.83 bits per heavy atom. The third-order valence-corrected chi connectivity index (χ3v) is 5.09. The number of hydrogen-bond donors (Lipinski definition) is 1. The van der Waals surface area contributed by atoms with Crippen LogP contribution >= 0.6 is 11.8 Å². The average molecular weight is 338 g/mol. The molecular formula is C20H22N2OS. The zero-order chi connectivity index (χ0) is 16.8. The maximum atomic E-state index is 12.2. The number of benzene rings is 2. The number of rotatable bonds is 7. The Bertz CT molecular complexity index is 798. The molecule has 0 aliphatic heterocycles. The van der Waals surface area contributed by atoms with E-state index < -0.39 is 0 Å². The van der Waals surface area contributed by atoms with Gasteiger partial charge in [-0.05, 0) is 43.0 Å². The van der Waals surface area contributed by atoms with Gasteiger partial charge in [-0.15, -0.1) is 11.8 Å². The van der Waals surface area contributed by atoms with Gasteiger partial charge in [-0.25, -0.2) is 0 Å². The van der Waals surface area contributed by atoms with Gasteiger partial charge in [0.2, 0.25) is 5.91 Å². The predicted molar refractivity (Wildman–Crippen MR) is 101 cm³/mol. The van der Waals surface area contributed by atoms with E-state index in [9.17, 15) is 4.79 Å². The Labute approximate surface area is 147 Å². The van der Waals surface area contributed by atoms with Crippen LogP contribution in [0.1, 0.15) is 13.3 Å². The lowest BCUT2D eigenvalue weighted by Crippen LogP contribution is -2.32. The van der Waals surface area contributed by atoms with Crippen molar-refractivity contribution in [2.45, 2.75) is 30.0 Å². The molecular weight excluding hydrogens is 316 g/mol. The summed E-state index contributed by atoms with van der Waals surface area (Å²) in [7, 11) is 0. The molecule has 0 fully saturated rings. The molecule has 0 aliphatic carbocycles. The zero-order valence-corrected chi connectivity index (χ0v) is 14.6. The Balaban J connectivity index is 1.43. The van der Waals surface area contributed by atoms with Gasteiger partial charge in [-0.3, -0.25) is 4.79 Å². The van der Waals surface area contributed by atoms with Crippen LogP contribution in [0, 0.1) is 0 Å². The molecule has 0 radical (unpaired) electrons. The summed E-state index contributed by atoms with van der Waals surface area (Å²) >= 11 is 1.59. The van der Waals surface area contributed by atoms with Crippen LogP contribution in [0.15, 0.2) is 71.8 Å².